The van der Waals surface area contributed by atoms with Crippen LogP contribution < -0.4 is 4.90 Å². The van der Waals surface area contributed by atoms with Gasteiger partial charge in [-0.2, -0.15) is 5.10 Å². The van der Waals surface area contributed by atoms with E-state index in [1.54, 1.807) is 30.1 Å². The first-order chi connectivity index (χ1) is 16.6. The van der Waals surface area contributed by atoms with Crippen molar-refractivity contribution in [1.82, 2.24) is 24.6 Å². The normalized spacial score (nSPS) is 14.1. The molecule has 1 aliphatic rings. The first-order valence-electron chi connectivity index (χ1n) is 10.8. The molecular formula is C24H22Cl2N6O2. The Bertz CT molecular complexity index is 1350. The monoisotopic (exact) mass is 496 g/mol. The number of methoxy groups -OCH3 is 1. The van der Waals surface area contributed by atoms with Crippen molar-refractivity contribution in [2.24, 2.45) is 0 Å². The van der Waals surface area contributed by atoms with Crippen LogP contribution in [0, 0.1) is 0 Å². The molecule has 174 valence electrons. The number of piperazine rings is 1. The van der Waals surface area contributed by atoms with Crippen molar-refractivity contribution in [3.05, 3.63) is 76.2 Å². The SMILES string of the molecule is COCc1nc(N2CCN(C(=O)c3ccccc3Cl)CC2)c2cnn(-c3ccccc3Cl)c2n1. The van der Waals surface area contributed by atoms with Crippen molar-refractivity contribution >= 4 is 46.0 Å². The van der Waals surface area contributed by atoms with Gasteiger partial charge in [0.15, 0.2) is 11.5 Å². The molecule has 1 amide bonds. The van der Waals surface area contributed by atoms with Crippen molar-refractivity contribution in [3.63, 3.8) is 0 Å². The van der Waals surface area contributed by atoms with Gasteiger partial charge in [-0.05, 0) is 24.3 Å². The third-order valence-electron chi connectivity index (χ3n) is 5.78. The molecule has 1 saturated heterocycles. The van der Waals surface area contributed by atoms with E-state index >= 15 is 0 Å². The summed E-state index contributed by atoms with van der Waals surface area (Å²) in [7, 11) is 1.61. The molecule has 0 saturated carbocycles. The maximum absolute atomic E-state index is 13.0. The fourth-order valence-corrected chi connectivity index (χ4v) is 4.53. The summed E-state index contributed by atoms with van der Waals surface area (Å²) in [6, 6.07) is 14.6. The van der Waals surface area contributed by atoms with Crippen LogP contribution in [0.4, 0.5) is 5.82 Å². The molecule has 0 atom stereocenters. The zero-order chi connectivity index (χ0) is 23.7. The molecule has 0 radical (unpaired) electrons. The van der Waals surface area contributed by atoms with Crippen LogP contribution in [0.5, 0.6) is 0 Å². The highest BCUT2D eigenvalue weighted by Crippen LogP contribution is 2.29. The standard InChI is InChI=1S/C24H22Cl2N6O2/c1-34-15-21-28-22(17-14-27-32(23(17)29-21)20-9-5-4-8-19(20)26)30-10-12-31(13-11-30)24(33)16-6-2-3-7-18(16)25/h2-9,14H,10-13,15H2,1H3. The Balaban J connectivity index is 1.45. The summed E-state index contributed by atoms with van der Waals surface area (Å²) in [5.74, 6) is 1.25. The molecule has 0 spiro atoms. The number of halogens is 2. The van der Waals surface area contributed by atoms with Crippen LogP contribution in [-0.2, 0) is 11.3 Å². The summed E-state index contributed by atoms with van der Waals surface area (Å²) in [5, 5.41) is 6.41. The molecule has 2 aromatic carbocycles. The number of nitrogens with zero attached hydrogens (tertiary/aromatic N) is 6. The number of fused-ring (bicyclic) bond motifs is 1. The highest BCUT2D eigenvalue weighted by molar-refractivity contribution is 6.33. The number of anilines is 1. The molecule has 8 nitrogen and oxygen atoms in total. The number of hydrogen-bond donors (Lipinski definition) is 0. The summed E-state index contributed by atoms with van der Waals surface area (Å²) in [6.45, 7) is 2.60. The average molecular weight is 497 g/mol. The summed E-state index contributed by atoms with van der Waals surface area (Å²) in [5.41, 5.74) is 1.91. The lowest BCUT2D eigenvalue weighted by Crippen LogP contribution is -2.49. The largest absolute Gasteiger partial charge is 0.377 e. The smallest absolute Gasteiger partial charge is 0.255 e. The Kier molecular flexibility index (Phi) is 6.36. The van der Waals surface area contributed by atoms with Gasteiger partial charge in [0.2, 0.25) is 0 Å². The first kappa shape index (κ1) is 22.6. The van der Waals surface area contributed by atoms with Crippen LogP contribution in [0.2, 0.25) is 10.0 Å². The summed E-state index contributed by atoms with van der Waals surface area (Å²) in [4.78, 5) is 26.4. The number of aromatic nitrogens is 4. The van der Waals surface area contributed by atoms with Crippen molar-refractivity contribution < 1.29 is 9.53 Å². The minimum atomic E-state index is -0.0651. The second-order valence-corrected chi connectivity index (χ2v) is 8.72. The number of amides is 1. The Hall–Kier alpha value is -3.20. The molecule has 5 rings (SSSR count). The summed E-state index contributed by atoms with van der Waals surface area (Å²) < 4.78 is 7.03. The molecule has 0 unspecified atom stereocenters. The lowest BCUT2D eigenvalue weighted by Gasteiger charge is -2.35. The van der Waals surface area contributed by atoms with Crippen LogP contribution in [0.15, 0.2) is 54.7 Å². The summed E-state index contributed by atoms with van der Waals surface area (Å²) >= 11 is 12.7. The fraction of sp³-hybridized carbons (Fsp3) is 0.250. The van der Waals surface area contributed by atoms with E-state index in [4.69, 9.17) is 37.9 Å². The van der Waals surface area contributed by atoms with Crippen LogP contribution >= 0.6 is 23.2 Å². The highest BCUT2D eigenvalue weighted by Gasteiger charge is 2.26. The quantitative estimate of drug-likeness (QED) is 0.411. The number of carbonyl (C=O) groups excluding carboxylic acids is 1. The van der Waals surface area contributed by atoms with E-state index in [0.29, 0.717) is 53.3 Å². The topological polar surface area (TPSA) is 76.4 Å². The Morgan fingerprint density at radius 1 is 0.971 bits per heavy atom. The van der Waals surface area contributed by atoms with Gasteiger partial charge in [-0.1, -0.05) is 47.5 Å². The van der Waals surface area contributed by atoms with E-state index in [0.717, 1.165) is 16.9 Å². The van der Waals surface area contributed by atoms with Crippen molar-refractivity contribution in [2.45, 2.75) is 6.61 Å². The number of carbonyl (C=O) groups is 1. The summed E-state index contributed by atoms with van der Waals surface area (Å²) in [6.07, 6.45) is 1.76. The lowest BCUT2D eigenvalue weighted by molar-refractivity contribution is 0.0746. The molecule has 34 heavy (non-hydrogen) atoms. The number of para-hydroxylation sites is 1. The Morgan fingerprint density at radius 2 is 1.68 bits per heavy atom. The van der Waals surface area contributed by atoms with Gasteiger partial charge >= 0.3 is 0 Å². The molecule has 2 aromatic heterocycles. The Labute approximate surface area is 206 Å². The van der Waals surface area contributed by atoms with Gasteiger partial charge in [0, 0.05) is 33.3 Å². The maximum Gasteiger partial charge on any atom is 0.255 e. The molecule has 0 N–H and O–H groups in total. The fourth-order valence-electron chi connectivity index (χ4n) is 4.10. The minimum absolute atomic E-state index is 0.0651. The molecule has 1 fully saturated rings. The Morgan fingerprint density at radius 3 is 2.38 bits per heavy atom. The number of rotatable bonds is 5. The lowest BCUT2D eigenvalue weighted by atomic mass is 10.1. The van der Waals surface area contributed by atoms with E-state index < -0.39 is 0 Å². The molecule has 0 aliphatic carbocycles. The van der Waals surface area contributed by atoms with Crippen molar-refractivity contribution in [2.75, 3.05) is 38.2 Å². The molecular weight excluding hydrogens is 475 g/mol. The van der Waals surface area contributed by atoms with Crippen LogP contribution in [0.1, 0.15) is 16.2 Å². The average Bonchev–Trinajstić information content (AvgIpc) is 3.28. The van der Waals surface area contributed by atoms with Crippen LogP contribution in [0.25, 0.3) is 16.7 Å². The van der Waals surface area contributed by atoms with Crippen molar-refractivity contribution in [1.29, 1.82) is 0 Å². The van der Waals surface area contributed by atoms with E-state index in [9.17, 15) is 4.79 Å². The van der Waals surface area contributed by atoms with Crippen molar-refractivity contribution in [3.8, 4) is 5.69 Å². The van der Waals surface area contributed by atoms with E-state index in [2.05, 4.69) is 10.00 Å². The van der Waals surface area contributed by atoms with Gasteiger partial charge in [-0.3, -0.25) is 4.79 Å². The second kappa shape index (κ2) is 9.58. The molecule has 10 heteroatoms. The molecule has 0 bridgehead atoms. The first-order valence-corrected chi connectivity index (χ1v) is 11.6. The van der Waals surface area contributed by atoms with Gasteiger partial charge in [0.25, 0.3) is 5.91 Å². The third kappa shape index (κ3) is 4.20. The van der Waals surface area contributed by atoms with Crippen LogP contribution in [0.3, 0.4) is 0 Å². The predicted octanol–water partition coefficient (Wildman–Crippen LogP) is 4.23. The van der Waals surface area contributed by atoms with E-state index in [1.165, 1.54) is 0 Å². The number of hydrogen-bond acceptors (Lipinski definition) is 6. The maximum atomic E-state index is 13.0. The zero-order valence-corrected chi connectivity index (χ0v) is 20.0. The van der Waals surface area contributed by atoms with Gasteiger partial charge in [-0.25, -0.2) is 14.6 Å². The minimum Gasteiger partial charge on any atom is -0.377 e. The van der Waals surface area contributed by atoms with Crippen LogP contribution in [-0.4, -0.2) is 63.8 Å². The third-order valence-corrected chi connectivity index (χ3v) is 6.43. The van der Waals surface area contributed by atoms with Gasteiger partial charge in [0.1, 0.15) is 12.4 Å². The van der Waals surface area contributed by atoms with Gasteiger partial charge in [0.05, 0.1) is 32.9 Å². The second-order valence-electron chi connectivity index (χ2n) is 7.90. The number of ether oxygens (including phenoxy) is 1. The zero-order valence-electron chi connectivity index (χ0n) is 18.5. The van der Waals surface area contributed by atoms with Gasteiger partial charge in [-0.15, -0.1) is 0 Å². The van der Waals surface area contributed by atoms with E-state index in [1.807, 2.05) is 41.3 Å². The highest BCUT2D eigenvalue weighted by atomic mass is 35.5. The van der Waals surface area contributed by atoms with Gasteiger partial charge < -0.3 is 14.5 Å². The molecule has 4 aromatic rings. The molecule has 1 aliphatic heterocycles. The predicted molar refractivity (Wildman–Crippen MR) is 132 cm³/mol. The molecule has 3 heterocycles. The van der Waals surface area contributed by atoms with E-state index in [-0.39, 0.29) is 12.5 Å². The number of benzene rings is 2.